The van der Waals surface area contributed by atoms with Crippen molar-refractivity contribution in [3.63, 3.8) is 0 Å². The molecular weight excluding hydrogens is 357 g/mol. The Morgan fingerprint density at radius 2 is 1.83 bits per heavy atom. The minimum Gasteiger partial charge on any atom is -0.497 e. The Balaban J connectivity index is 2.34. The summed E-state index contributed by atoms with van der Waals surface area (Å²) in [5, 5.41) is -0.260. The summed E-state index contributed by atoms with van der Waals surface area (Å²) in [5.74, 6) is 0.406. The fraction of sp³-hybridized carbons (Fsp3) is 0.250. The van der Waals surface area contributed by atoms with Crippen LogP contribution in [0.1, 0.15) is 18.5 Å². The molecule has 0 saturated heterocycles. The first kappa shape index (κ1) is 18.5. The molecule has 2 aromatic carbocycles. The van der Waals surface area contributed by atoms with Gasteiger partial charge in [0.15, 0.2) is 0 Å². The van der Waals surface area contributed by atoms with Gasteiger partial charge in [-0.05, 0) is 43.3 Å². The van der Waals surface area contributed by atoms with E-state index >= 15 is 0 Å². The Morgan fingerprint density at radius 1 is 1.12 bits per heavy atom. The lowest BCUT2D eigenvalue weighted by atomic mass is 10.1. The molecule has 1 atom stereocenters. The summed E-state index contributed by atoms with van der Waals surface area (Å²) in [6.45, 7) is 1.67. The zero-order chi connectivity index (χ0) is 17.9. The monoisotopic (exact) mass is 373 g/mol. The number of benzene rings is 2. The van der Waals surface area contributed by atoms with Crippen LogP contribution < -0.4 is 14.2 Å². The van der Waals surface area contributed by atoms with E-state index in [0.29, 0.717) is 17.1 Å². The highest BCUT2D eigenvalue weighted by Gasteiger charge is 2.22. The molecule has 5 nitrogen and oxygen atoms in total. The topological polar surface area (TPSA) is 64.6 Å². The van der Waals surface area contributed by atoms with Crippen LogP contribution in [0.15, 0.2) is 41.3 Å². The first-order valence-corrected chi connectivity index (χ1v) is 8.84. The number of halogens is 2. The maximum absolute atomic E-state index is 13.2. The minimum absolute atomic E-state index is 0.123. The number of nitrogens with one attached hydrogen (secondary N) is 1. The summed E-state index contributed by atoms with van der Waals surface area (Å²) in [7, 11) is -0.882. The quantitative estimate of drug-likeness (QED) is 0.841. The number of hydrogen-bond donors (Lipinski definition) is 1. The maximum Gasteiger partial charge on any atom is 0.241 e. The van der Waals surface area contributed by atoms with Gasteiger partial charge in [0.25, 0.3) is 0 Å². The fourth-order valence-electron chi connectivity index (χ4n) is 2.19. The number of rotatable bonds is 6. The van der Waals surface area contributed by atoms with E-state index in [-0.39, 0.29) is 9.92 Å². The second-order valence-corrected chi connectivity index (χ2v) is 7.15. The molecule has 0 aliphatic carbocycles. The van der Waals surface area contributed by atoms with Crippen molar-refractivity contribution in [3.8, 4) is 11.5 Å². The summed E-state index contributed by atoms with van der Waals surface area (Å²) in [5.41, 5.74) is 0.605. The lowest BCUT2D eigenvalue weighted by molar-refractivity contribution is 0.395. The molecule has 24 heavy (non-hydrogen) atoms. The van der Waals surface area contributed by atoms with Crippen molar-refractivity contribution >= 4 is 21.6 Å². The minimum atomic E-state index is -3.89. The van der Waals surface area contributed by atoms with E-state index in [1.54, 1.807) is 25.1 Å². The molecule has 0 aromatic heterocycles. The molecule has 0 aliphatic rings. The molecule has 0 bridgehead atoms. The van der Waals surface area contributed by atoms with Crippen LogP contribution in [0.3, 0.4) is 0 Å². The van der Waals surface area contributed by atoms with Crippen molar-refractivity contribution in [1.29, 1.82) is 0 Å². The third kappa shape index (κ3) is 3.98. The van der Waals surface area contributed by atoms with Gasteiger partial charge in [-0.15, -0.1) is 0 Å². The summed E-state index contributed by atoms with van der Waals surface area (Å²) in [6, 6.07) is 7.70. The lowest BCUT2D eigenvalue weighted by Crippen LogP contribution is -2.27. The van der Waals surface area contributed by atoms with Gasteiger partial charge < -0.3 is 9.47 Å². The van der Waals surface area contributed by atoms with E-state index in [2.05, 4.69) is 4.72 Å². The molecule has 0 aliphatic heterocycles. The van der Waals surface area contributed by atoms with Crippen molar-refractivity contribution in [2.24, 2.45) is 0 Å². The van der Waals surface area contributed by atoms with Crippen LogP contribution in [0.25, 0.3) is 0 Å². The molecule has 0 unspecified atom stereocenters. The summed E-state index contributed by atoms with van der Waals surface area (Å²) < 4.78 is 51.1. The average Bonchev–Trinajstić information content (AvgIpc) is 2.56. The first-order valence-electron chi connectivity index (χ1n) is 6.98. The van der Waals surface area contributed by atoms with Crippen molar-refractivity contribution in [2.45, 2.75) is 17.9 Å². The first-order chi connectivity index (χ1) is 11.3. The van der Waals surface area contributed by atoms with Crippen molar-refractivity contribution in [1.82, 2.24) is 4.72 Å². The standard InChI is InChI=1S/C16H17ClFNO4S/c1-10(13-8-11(22-2)4-7-16(13)23-3)19-24(20,21)12-5-6-15(18)14(17)9-12/h4-10,19H,1-3H3/t10-/m0/s1. The van der Waals surface area contributed by atoms with Gasteiger partial charge in [0.1, 0.15) is 17.3 Å². The zero-order valence-electron chi connectivity index (χ0n) is 13.3. The van der Waals surface area contributed by atoms with Crippen LogP contribution in [0.4, 0.5) is 4.39 Å². The van der Waals surface area contributed by atoms with Crippen molar-refractivity contribution in [2.75, 3.05) is 14.2 Å². The van der Waals surface area contributed by atoms with Gasteiger partial charge in [0.2, 0.25) is 10.0 Å². The van der Waals surface area contributed by atoms with Gasteiger partial charge in [-0.2, -0.15) is 0 Å². The Kier molecular flexibility index (Phi) is 5.69. The fourth-order valence-corrected chi connectivity index (χ4v) is 3.68. The predicted octanol–water partition coefficient (Wildman–Crippen LogP) is 3.54. The number of sulfonamides is 1. The van der Waals surface area contributed by atoms with Crippen LogP contribution in [-0.4, -0.2) is 22.6 Å². The second-order valence-electron chi connectivity index (χ2n) is 5.03. The molecular formula is C16H17ClFNO4S. The van der Waals surface area contributed by atoms with Crippen molar-refractivity contribution in [3.05, 3.63) is 52.8 Å². The third-order valence-corrected chi connectivity index (χ3v) is 5.26. The molecule has 0 radical (unpaired) electrons. The molecule has 0 amide bonds. The van der Waals surface area contributed by atoms with Gasteiger partial charge in [-0.3, -0.25) is 0 Å². The highest BCUT2D eigenvalue weighted by atomic mass is 35.5. The molecule has 0 spiro atoms. The predicted molar refractivity (Wildman–Crippen MR) is 89.7 cm³/mol. The summed E-state index contributed by atoms with van der Waals surface area (Å²) in [4.78, 5) is -0.123. The normalized spacial score (nSPS) is 12.7. The van der Waals surface area contributed by atoms with Gasteiger partial charge in [0, 0.05) is 11.6 Å². The molecule has 0 saturated carbocycles. The number of methoxy groups -OCH3 is 2. The lowest BCUT2D eigenvalue weighted by Gasteiger charge is -2.18. The van der Waals surface area contributed by atoms with Crippen LogP contribution in [0.2, 0.25) is 5.02 Å². The van der Waals surface area contributed by atoms with E-state index in [1.807, 2.05) is 0 Å². The van der Waals surface area contributed by atoms with Crippen LogP contribution in [0.5, 0.6) is 11.5 Å². The van der Waals surface area contributed by atoms with Gasteiger partial charge in [0.05, 0.1) is 24.1 Å². The Hall–Kier alpha value is -1.83. The van der Waals surface area contributed by atoms with Crippen molar-refractivity contribution < 1.29 is 22.3 Å². The second kappa shape index (κ2) is 7.38. The van der Waals surface area contributed by atoms with Gasteiger partial charge in [-0.25, -0.2) is 17.5 Å². The van der Waals surface area contributed by atoms with Crippen LogP contribution >= 0.6 is 11.6 Å². The van der Waals surface area contributed by atoms with E-state index in [1.165, 1.54) is 14.2 Å². The Morgan fingerprint density at radius 3 is 2.42 bits per heavy atom. The van der Waals surface area contributed by atoms with Crippen LogP contribution in [0, 0.1) is 5.82 Å². The smallest absolute Gasteiger partial charge is 0.241 e. The van der Waals surface area contributed by atoms with Gasteiger partial charge in [-0.1, -0.05) is 11.6 Å². The SMILES string of the molecule is COc1ccc(OC)c([C@H](C)NS(=O)(=O)c2ccc(F)c(Cl)c2)c1. The molecule has 130 valence electrons. The Labute approximate surface area is 145 Å². The van der Waals surface area contributed by atoms with E-state index in [4.69, 9.17) is 21.1 Å². The number of ether oxygens (including phenoxy) is 2. The zero-order valence-corrected chi connectivity index (χ0v) is 14.9. The maximum atomic E-state index is 13.2. The molecule has 8 heteroatoms. The third-order valence-electron chi connectivity index (χ3n) is 3.44. The van der Waals surface area contributed by atoms with E-state index in [0.717, 1.165) is 18.2 Å². The van der Waals surface area contributed by atoms with Gasteiger partial charge >= 0.3 is 0 Å². The molecule has 2 aromatic rings. The van der Waals surface area contributed by atoms with Crippen LogP contribution in [-0.2, 0) is 10.0 Å². The number of hydrogen-bond acceptors (Lipinski definition) is 4. The molecule has 2 rings (SSSR count). The average molecular weight is 374 g/mol. The largest absolute Gasteiger partial charge is 0.497 e. The highest BCUT2D eigenvalue weighted by molar-refractivity contribution is 7.89. The highest BCUT2D eigenvalue weighted by Crippen LogP contribution is 2.30. The molecule has 1 N–H and O–H groups in total. The summed E-state index contributed by atoms with van der Waals surface area (Å²) >= 11 is 5.66. The van der Waals surface area contributed by atoms with E-state index < -0.39 is 21.9 Å². The summed E-state index contributed by atoms with van der Waals surface area (Å²) in [6.07, 6.45) is 0. The molecule has 0 fully saturated rings. The molecule has 0 heterocycles. The Bertz CT molecular complexity index is 842. The van der Waals surface area contributed by atoms with E-state index in [9.17, 15) is 12.8 Å².